The number of H-pyrrole nitrogens is 1. The predicted molar refractivity (Wildman–Crippen MR) is 203 cm³/mol. The number of anilines is 2. The number of carbonyl (C=O) groups excluding carboxylic acids is 2. The number of benzene rings is 4. The van der Waals surface area contributed by atoms with Gasteiger partial charge in [0.15, 0.2) is 5.60 Å². The van der Waals surface area contributed by atoms with Crippen LogP contribution in [0.5, 0.6) is 5.75 Å². The Labute approximate surface area is 302 Å². The maximum absolute atomic E-state index is 14.9. The summed E-state index contributed by atoms with van der Waals surface area (Å²) in [5.41, 5.74) is 2.67. The zero-order chi connectivity index (χ0) is 36.8. The van der Waals surface area contributed by atoms with Gasteiger partial charge in [0.2, 0.25) is 5.91 Å². The number of hydrogen-bond acceptors (Lipinski definition) is 7. The monoisotopic (exact) mass is 718 g/mol. The van der Waals surface area contributed by atoms with Crippen molar-refractivity contribution in [2.24, 2.45) is 5.92 Å². The molecule has 11 nitrogen and oxygen atoms in total. The summed E-state index contributed by atoms with van der Waals surface area (Å²) in [5.74, 6) is -0.0427. The fourth-order valence-corrected chi connectivity index (χ4v) is 12.6. The summed E-state index contributed by atoms with van der Waals surface area (Å²) in [5, 5.41) is 27.3. The minimum absolute atomic E-state index is 0.101. The molecule has 4 aromatic carbocycles. The van der Waals surface area contributed by atoms with Crippen molar-refractivity contribution >= 4 is 53.0 Å². The van der Waals surface area contributed by atoms with E-state index in [0.29, 0.717) is 23.4 Å². The number of ether oxygens (including phenoxy) is 2. The molecular weight excluding hydrogens is 677 g/mol. The van der Waals surface area contributed by atoms with Crippen LogP contribution in [-0.2, 0) is 32.9 Å². The minimum Gasteiger partial charge on any atom is -0.497 e. The lowest BCUT2D eigenvalue weighted by Crippen LogP contribution is -2.51. The molecule has 52 heavy (non-hydrogen) atoms. The Morgan fingerprint density at radius 2 is 1.81 bits per heavy atom. The number of non-ortho nitro benzene ring substituents is 1. The molecule has 0 radical (unpaired) electrons. The molecule has 1 fully saturated rings. The third-order valence-electron chi connectivity index (χ3n) is 11.0. The summed E-state index contributed by atoms with van der Waals surface area (Å²) in [6, 6.07) is 27.7. The van der Waals surface area contributed by atoms with Gasteiger partial charge in [0.25, 0.3) is 11.6 Å². The highest BCUT2D eigenvalue weighted by Gasteiger charge is 2.66. The second-order valence-electron chi connectivity index (χ2n) is 14.3. The minimum atomic E-state index is -2.41. The summed E-state index contributed by atoms with van der Waals surface area (Å²) in [6.07, 6.45) is 1.94. The lowest BCUT2D eigenvalue weighted by Gasteiger charge is -2.37. The zero-order valence-corrected chi connectivity index (χ0v) is 30.6. The average Bonchev–Trinajstić information content (AvgIpc) is 3.76. The molecule has 4 atom stereocenters. The molecule has 0 saturated carbocycles. The van der Waals surface area contributed by atoms with E-state index in [1.165, 1.54) is 12.1 Å². The van der Waals surface area contributed by atoms with Crippen LogP contribution in [0.3, 0.4) is 0 Å². The maximum atomic E-state index is 14.9. The highest BCUT2D eigenvalue weighted by molar-refractivity contribution is 6.91. The summed E-state index contributed by atoms with van der Waals surface area (Å²) < 4.78 is 12.3. The van der Waals surface area contributed by atoms with E-state index in [0.717, 1.165) is 33.0 Å². The first-order chi connectivity index (χ1) is 25.0. The predicted octanol–water partition coefficient (Wildman–Crippen LogP) is 6.41. The number of fused-ring (bicyclic) bond motifs is 3. The van der Waals surface area contributed by atoms with E-state index in [-0.39, 0.29) is 48.5 Å². The Morgan fingerprint density at radius 1 is 1.08 bits per heavy atom. The lowest BCUT2D eigenvalue weighted by atomic mass is 9.82. The highest BCUT2D eigenvalue weighted by Crippen LogP contribution is 2.60. The summed E-state index contributed by atoms with van der Waals surface area (Å²) in [6.45, 7) is 6.57. The molecule has 3 N–H and O–H groups in total. The number of nitro groups is 1. The van der Waals surface area contributed by atoms with Crippen molar-refractivity contribution in [3.8, 4) is 5.75 Å². The van der Waals surface area contributed by atoms with Gasteiger partial charge in [-0.25, -0.2) is 0 Å². The number of nitrogens with one attached hydrogen (secondary N) is 2. The number of nitro benzene ring substituents is 1. The maximum Gasteiger partial charge on any atom is 0.269 e. The number of para-hydroxylation sites is 1. The quantitative estimate of drug-likeness (QED) is 0.0813. The van der Waals surface area contributed by atoms with Gasteiger partial charge in [0, 0.05) is 53.0 Å². The van der Waals surface area contributed by atoms with Crippen molar-refractivity contribution in [1.29, 1.82) is 0 Å². The third kappa shape index (κ3) is 5.96. The van der Waals surface area contributed by atoms with Gasteiger partial charge >= 0.3 is 0 Å². The Bertz CT molecular complexity index is 2150. The number of carbonyl (C=O) groups is 2. The van der Waals surface area contributed by atoms with Gasteiger partial charge in [-0.3, -0.25) is 19.7 Å². The number of nitrogens with zero attached hydrogens (tertiary/aromatic N) is 2. The number of aliphatic hydroxyl groups is 1. The number of aromatic nitrogens is 1. The molecule has 2 aliphatic rings. The Balaban J connectivity index is 1.17. The molecule has 2 aliphatic heterocycles. The van der Waals surface area contributed by atoms with Gasteiger partial charge in [0.1, 0.15) is 5.75 Å². The fourth-order valence-electron chi connectivity index (χ4n) is 8.50. The summed E-state index contributed by atoms with van der Waals surface area (Å²) in [4.78, 5) is 44.3. The van der Waals surface area contributed by atoms with Crippen molar-refractivity contribution in [1.82, 2.24) is 4.98 Å². The number of methoxy groups -OCH3 is 1. The lowest BCUT2D eigenvalue weighted by molar-refractivity contribution is -0.385. The Morgan fingerprint density at radius 3 is 2.50 bits per heavy atom. The van der Waals surface area contributed by atoms with Gasteiger partial charge in [-0.15, -0.1) is 0 Å². The smallest absolute Gasteiger partial charge is 0.269 e. The van der Waals surface area contributed by atoms with Gasteiger partial charge in [-0.1, -0.05) is 67.7 Å². The molecular formula is C40H42N4O7Si. The first-order valence-electron chi connectivity index (χ1n) is 17.5. The summed E-state index contributed by atoms with van der Waals surface area (Å²) in [7, 11) is -0.784. The number of rotatable bonds is 11. The molecule has 2 amide bonds. The molecule has 12 heteroatoms. The molecule has 268 valence electrons. The van der Waals surface area contributed by atoms with Crippen molar-refractivity contribution in [2.75, 3.05) is 23.9 Å². The van der Waals surface area contributed by atoms with Crippen LogP contribution in [0.25, 0.3) is 10.9 Å². The average molecular weight is 719 g/mol. The van der Waals surface area contributed by atoms with Crippen molar-refractivity contribution in [2.45, 2.75) is 56.7 Å². The van der Waals surface area contributed by atoms with Gasteiger partial charge < -0.3 is 29.8 Å². The molecule has 0 bridgehead atoms. The molecule has 1 saturated heterocycles. The van der Waals surface area contributed by atoms with Crippen LogP contribution >= 0.6 is 0 Å². The molecule has 0 aliphatic carbocycles. The second-order valence-corrected chi connectivity index (χ2v) is 19.0. The van der Waals surface area contributed by atoms with Crippen LogP contribution in [0.1, 0.15) is 30.0 Å². The van der Waals surface area contributed by atoms with Gasteiger partial charge in [-0.05, 0) is 59.5 Å². The van der Waals surface area contributed by atoms with E-state index < -0.39 is 24.7 Å². The Kier molecular flexibility index (Phi) is 9.24. The normalized spacial score (nSPS) is 21.1. The molecule has 7 rings (SSSR count). The topological polar surface area (TPSA) is 147 Å². The number of hydrogen-bond donors (Lipinski definition) is 3. The number of amides is 2. The van der Waals surface area contributed by atoms with E-state index in [4.69, 9.17) is 9.47 Å². The van der Waals surface area contributed by atoms with Crippen LogP contribution in [-0.4, -0.2) is 54.7 Å². The van der Waals surface area contributed by atoms with Crippen LogP contribution < -0.4 is 20.1 Å². The fraction of sp³-hybridized carbons (Fsp3) is 0.300. The molecule has 1 spiro atoms. The van der Waals surface area contributed by atoms with Crippen molar-refractivity contribution < 1.29 is 29.1 Å². The zero-order valence-electron chi connectivity index (χ0n) is 29.6. The second kappa shape index (κ2) is 13.7. The molecule has 1 aromatic heterocycles. The van der Waals surface area contributed by atoms with Crippen LogP contribution in [0.2, 0.25) is 18.6 Å². The molecule has 0 unspecified atom stereocenters. The molecule has 5 aromatic rings. The van der Waals surface area contributed by atoms with E-state index in [1.54, 1.807) is 30.2 Å². The molecule has 3 heterocycles. The third-order valence-corrected chi connectivity index (χ3v) is 15.4. The number of aliphatic hydroxyl groups excluding tert-OH is 1. The number of aromatic amines is 1. The van der Waals surface area contributed by atoms with E-state index in [1.807, 2.05) is 61.7 Å². The first kappa shape index (κ1) is 35.1. The van der Waals surface area contributed by atoms with Gasteiger partial charge in [0.05, 0.1) is 44.9 Å². The SMILES string of the molecule is COc1ccc([Si](C)(C)[C@@H]2[C@@H](CCO)O[C@]3(C(=O)N(Cc4ccc(NC(=O)Cc5c[nH]c6ccccc56)cc4)c4ccc([N+](=O)[O-])cc43)[C@H]2C)cc1. The van der Waals surface area contributed by atoms with Crippen molar-refractivity contribution in [3.63, 3.8) is 0 Å². The van der Waals surface area contributed by atoms with E-state index in [2.05, 4.69) is 35.5 Å². The largest absolute Gasteiger partial charge is 0.497 e. The standard InChI is InChI=1S/C40H42N4O7Si/c1-25-38(52(3,4)31-16-14-30(50-2)15-17-31)36(19-20-45)51-40(25)33-22-29(44(48)49)13-18-35(33)43(39(40)47)24-26-9-11-28(12-10-26)42-37(46)21-27-23-41-34-8-6-5-7-32(27)34/h5-18,22-23,25,36,38,41,45H,19-21,24H2,1-4H3,(H,42,46)/t25-,36+,38-,40+/m0/s1. The van der Waals surface area contributed by atoms with Crippen LogP contribution in [0.15, 0.2) is 97.2 Å². The highest BCUT2D eigenvalue weighted by atomic mass is 28.3. The van der Waals surface area contributed by atoms with E-state index in [9.17, 15) is 24.8 Å². The summed E-state index contributed by atoms with van der Waals surface area (Å²) >= 11 is 0. The van der Waals surface area contributed by atoms with E-state index >= 15 is 0 Å². The van der Waals surface area contributed by atoms with Crippen LogP contribution in [0, 0.1) is 16.0 Å². The van der Waals surface area contributed by atoms with Crippen molar-refractivity contribution in [3.05, 3.63) is 124 Å². The Hall–Kier alpha value is -5.30. The van der Waals surface area contributed by atoms with Gasteiger partial charge in [-0.2, -0.15) is 0 Å². The van der Waals surface area contributed by atoms with Crippen LogP contribution in [0.4, 0.5) is 17.1 Å². The first-order valence-corrected chi connectivity index (χ1v) is 20.5.